The lowest BCUT2D eigenvalue weighted by atomic mass is 9.97. The van der Waals surface area contributed by atoms with Gasteiger partial charge in [0.25, 0.3) is 5.91 Å². The molecule has 1 unspecified atom stereocenters. The molecule has 1 aromatic rings. The van der Waals surface area contributed by atoms with Gasteiger partial charge in [-0.1, -0.05) is 12.1 Å². The summed E-state index contributed by atoms with van der Waals surface area (Å²) in [5.41, 5.74) is 1.18. The number of methoxy groups -OCH3 is 1. The second-order valence-electron chi connectivity index (χ2n) is 5.83. The van der Waals surface area contributed by atoms with E-state index in [4.69, 9.17) is 9.84 Å². The third-order valence-corrected chi connectivity index (χ3v) is 3.93. The molecular formula is C17H20N2O6. The molecule has 0 spiro atoms. The van der Waals surface area contributed by atoms with E-state index in [0.717, 1.165) is 5.56 Å². The van der Waals surface area contributed by atoms with Crippen molar-refractivity contribution in [1.82, 2.24) is 10.2 Å². The molecule has 1 aliphatic rings. The summed E-state index contributed by atoms with van der Waals surface area (Å²) >= 11 is 0. The van der Waals surface area contributed by atoms with Crippen LogP contribution in [-0.4, -0.2) is 60.5 Å². The highest BCUT2D eigenvalue weighted by Gasteiger charge is 2.30. The van der Waals surface area contributed by atoms with Crippen LogP contribution in [0.2, 0.25) is 0 Å². The Morgan fingerprint density at radius 1 is 1.28 bits per heavy atom. The first-order chi connectivity index (χ1) is 11.9. The number of rotatable bonds is 8. The number of carboxylic acid groups (broad SMARTS) is 1. The van der Waals surface area contributed by atoms with Gasteiger partial charge in [0.05, 0.1) is 12.5 Å². The van der Waals surface area contributed by atoms with Crippen LogP contribution in [0.25, 0.3) is 0 Å². The Balaban J connectivity index is 2.04. The second-order valence-corrected chi connectivity index (χ2v) is 5.83. The van der Waals surface area contributed by atoms with Gasteiger partial charge >= 0.3 is 5.97 Å². The van der Waals surface area contributed by atoms with Gasteiger partial charge in [-0.2, -0.15) is 0 Å². The Hall–Kier alpha value is -2.74. The zero-order valence-corrected chi connectivity index (χ0v) is 13.9. The first-order valence-corrected chi connectivity index (χ1v) is 7.83. The van der Waals surface area contributed by atoms with Gasteiger partial charge in [0.2, 0.25) is 11.8 Å². The Kier molecular flexibility index (Phi) is 6.24. The van der Waals surface area contributed by atoms with Gasteiger partial charge in [-0.15, -0.1) is 0 Å². The molecule has 25 heavy (non-hydrogen) atoms. The lowest BCUT2D eigenvalue weighted by molar-refractivity contribution is -0.138. The highest BCUT2D eigenvalue weighted by molar-refractivity contribution is 6.03. The van der Waals surface area contributed by atoms with Crippen LogP contribution in [0.5, 0.6) is 0 Å². The van der Waals surface area contributed by atoms with Crippen molar-refractivity contribution in [1.29, 1.82) is 0 Å². The van der Waals surface area contributed by atoms with Crippen molar-refractivity contribution in [3.05, 3.63) is 35.4 Å². The highest BCUT2D eigenvalue weighted by atomic mass is 16.5. The smallest absolute Gasteiger partial charge is 0.323 e. The summed E-state index contributed by atoms with van der Waals surface area (Å²) in [5.74, 6) is -2.45. The fourth-order valence-corrected chi connectivity index (χ4v) is 2.64. The van der Waals surface area contributed by atoms with E-state index in [-0.39, 0.29) is 37.3 Å². The van der Waals surface area contributed by atoms with Crippen LogP contribution in [0.3, 0.4) is 0 Å². The topological polar surface area (TPSA) is 113 Å². The van der Waals surface area contributed by atoms with E-state index in [1.54, 1.807) is 24.3 Å². The molecule has 2 N–H and O–H groups in total. The molecule has 0 bridgehead atoms. The molecule has 1 heterocycles. The molecule has 2 rings (SSSR count). The van der Waals surface area contributed by atoms with Gasteiger partial charge in [-0.3, -0.25) is 24.5 Å². The third-order valence-electron chi connectivity index (χ3n) is 3.93. The molecule has 0 aliphatic carbocycles. The third kappa shape index (κ3) is 5.12. The van der Waals surface area contributed by atoms with Crippen molar-refractivity contribution < 1.29 is 29.0 Å². The van der Waals surface area contributed by atoms with E-state index in [1.807, 2.05) is 0 Å². The minimum atomic E-state index is -1.10. The second kappa shape index (κ2) is 8.39. The molecule has 8 nitrogen and oxygen atoms in total. The monoisotopic (exact) mass is 348 g/mol. The molecule has 1 saturated heterocycles. The van der Waals surface area contributed by atoms with Crippen molar-refractivity contribution in [3.63, 3.8) is 0 Å². The van der Waals surface area contributed by atoms with E-state index in [2.05, 4.69) is 5.32 Å². The highest BCUT2D eigenvalue weighted by Crippen LogP contribution is 2.18. The molecule has 3 amide bonds. The number of nitrogens with one attached hydrogen (secondary N) is 1. The SMILES string of the molecule is COCCN(CC(=O)O)C(=O)c1ccc(CC2CC(=O)NC2=O)cc1. The van der Waals surface area contributed by atoms with Crippen molar-refractivity contribution >= 4 is 23.7 Å². The van der Waals surface area contributed by atoms with E-state index in [0.29, 0.717) is 12.0 Å². The Morgan fingerprint density at radius 2 is 1.96 bits per heavy atom. The predicted octanol–water partition coefficient (Wildman–Crippen LogP) is 0.0650. The van der Waals surface area contributed by atoms with Crippen LogP contribution >= 0.6 is 0 Å². The molecule has 134 valence electrons. The number of ether oxygens (including phenoxy) is 1. The molecule has 8 heteroatoms. The number of amides is 3. The van der Waals surface area contributed by atoms with Crippen molar-refractivity contribution in [2.75, 3.05) is 26.8 Å². The number of hydrogen-bond acceptors (Lipinski definition) is 5. The van der Waals surface area contributed by atoms with Crippen molar-refractivity contribution in [3.8, 4) is 0 Å². The maximum atomic E-state index is 12.4. The number of carbonyl (C=O) groups excluding carboxylic acids is 3. The normalized spacial score (nSPS) is 16.6. The minimum absolute atomic E-state index is 0.170. The van der Waals surface area contributed by atoms with E-state index < -0.39 is 18.4 Å². The first kappa shape index (κ1) is 18.6. The van der Waals surface area contributed by atoms with E-state index >= 15 is 0 Å². The number of hydrogen-bond donors (Lipinski definition) is 2. The largest absolute Gasteiger partial charge is 0.480 e. The van der Waals surface area contributed by atoms with Gasteiger partial charge < -0.3 is 14.7 Å². The molecule has 1 aliphatic heterocycles. The minimum Gasteiger partial charge on any atom is -0.480 e. The lowest BCUT2D eigenvalue weighted by Crippen LogP contribution is -2.38. The number of benzene rings is 1. The number of imide groups is 1. The van der Waals surface area contributed by atoms with Gasteiger partial charge in [-0.05, 0) is 24.1 Å². The fourth-order valence-electron chi connectivity index (χ4n) is 2.64. The van der Waals surface area contributed by atoms with Crippen LogP contribution in [-0.2, 0) is 25.5 Å². The fraction of sp³-hybridized carbons (Fsp3) is 0.412. The first-order valence-electron chi connectivity index (χ1n) is 7.83. The quantitative estimate of drug-likeness (QED) is 0.643. The molecule has 0 saturated carbocycles. The van der Waals surface area contributed by atoms with Gasteiger partial charge in [0, 0.05) is 25.6 Å². The van der Waals surface area contributed by atoms with Crippen LogP contribution in [0, 0.1) is 5.92 Å². The van der Waals surface area contributed by atoms with Crippen molar-refractivity contribution in [2.45, 2.75) is 12.8 Å². The van der Waals surface area contributed by atoms with Crippen LogP contribution < -0.4 is 5.32 Å². The summed E-state index contributed by atoms with van der Waals surface area (Å²) in [6.45, 7) is 0.00394. The summed E-state index contributed by atoms with van der Waals surface area (Å²) in [7, 11) is 1.47. The predicted molar refractivity (Wildman–Crippen MR) is 86.8 cm³/mol. The summed E-state index contributed by atoms with van der Waals surface area (Å²) < 4.78 is 4.90. The Bertz CT molecular complexity index is 670. The molecular weight excluding hydrogens is 328 g/mol. The zero-order valence-electron chi connectivity index (χ0n) is 13.9. The number of aliphatic carboxylic acids is 1. The van der Waals surface area contributed by atoms with Crippen LogP contribution in [0.4, 0.5) is 0 Å². The Morgan fingerprint density at radius 3 is 2.48 bits per heavy atom. The van der Waals surface area contributed by atoms with Crippen LogP contribution in [0.1, 0.15) is 22.3 Å². The summed E-state index contributed by atoms with van der Waals surface area (Å²) in [6.07, 6.45) is 0.581. The Labute approximate surface area is 144 Å². The standard InChI is InChI=1S/C17H20N2O6/c1-25-7-6-19(10-15(21)22)17(24)12-4-2-11(3-5-12)8-13-9-14(20)18-16(13)23/h2-5,13H,6-10H2,1H3,(H,21,22)(H,18,20,23). The van der Waals surface area contributed by atoms with Gasteiger partial charge in [0.1, 0.15) is 6.54 Å². The number of carboxylic acids is 1. The lowest BCUT2D eigenvalue weighted by Gasteiger charge is -2.20. The number of nitrogens with zero attached hydrogens (tertiary/aromatic N) is 1. The average molecular weight is 348 g/mol. The van der Waals surface area contributed by atoms with Crippen molar-refractivity contribution in [2.24, 2.45) is 5.92 Å². The van der Waals surface area contributed by atoms with Crippen LogP contribution in [0.15, 0.2) is 24.3 Å². The summed E-state index contributed by atoms with van der Waals surface area (Å²) in [6, 6.07) is 6.60. The van der Waals surface area contributed by atoms with Gasteiger partial charge in [-0.25, -0.2) is 0 Å². The van der Waals surface area contributed by atoms with Gasteiger partial charge in [0.15, 0.2) is 0 Å². The summed E-state index contributed by atoms with van der Waals surface area (Å²) in [4.78, 5) is 47.4. The summed E-state index contributed by atoms with van der Waals surface area (Å²) in [5, 5.41) is 11.2. The average Bonchev–Trinajstić information content (AvgIpc) is 2.88. The number of carbonyl (C=O) groups is 4. The molecule has 1 aromatic carbocycles. The molecule has 1 fully saturated rings. The molecule has 1 atom stereocenters. The maximum Gasteiger partial charge on any atom is 0.323 e. The zero-order chi connectivity index (χ0) is 18.4. The maximum absolute atomic E-state index is 12.4. The molecule has 0 radical (unpaired) electrons. The van der Waals surface area contributed by atoms with E-state index in [1.165, 1.54) is 12.0 Å². The van der Waals surface area contributed by atoms with E-state index in [9.17, 15) is 19.2 Å². The molecule has 0 aromatic heterocycles.